The maximum Gasteiger partial charge on any atom is 0.0418 e. The molecule has 2 aromatic rings. The summed E-state index contributed by atoms with van der Waals surface area (Å²) in [5.41, 5.74) is 10.1. The Labute approximate surface area is 96.1 Å². The van der Waals surface area contributed by atoms with Crippen LogP contribution in [0.5, 0.6) is 0 Å². The monoisotopic (exact) mass is 212 g/mol. The molecule has 2 nitrogen and oxygen atoms in total. The summed E-state index contributed by atoms with van der Waals surface area (Å²) >= 11 is 0. The fraction of sp³-hybridized carbons (Fsp3) is 0.143. The minimum Gasteiger partial charge on any atom is -0.399 e. The number of aryl methyl sites for hydroxylation is 1. The van der Waals surface area contributed by atoms with Gasteiger partial charge in [0.2, 0.25) is 0 Å². The number of benzene rings is 2. The van der Waals surface area contributed by atoms with Gasteiger partial charge in [0, 0.05) is 17.1 Å². The van der Waals surface area contributed by atoms with Gasteiger partial charge in [-0.25, -0.2) is 0 Å². The van der Waals surface area contributed by atoms with Gasteiger partial charge in [-0.2, -0.15) is 0 Å². The average Bonchev–Trinajstić information content (AvgIpc) is 2.33. The van der Waals surface area contributed by atoms with Crippen LogP contribution in [-0.4, -0.2) is 0 Å². The number of nitrogens with one attached hydrogen (secondary N) is 1. The van der Waals surface area contributed by atoms with E-state index in [0.29, 0.717) is 0 Å². The first-order valence-corrected chi connectivity index (χ1v) is 5.50. The number of hydrogen-bond donors (Lipinski definition) is 2. The molecule has 0 aromatic heterocycles. The standard InChI is InChI=1S/C14H16N2/c1-2-11-10-12(15)8-9-14(11)16-13-6-4-3-5-7-13/h3-10,16H,2,15H2,1H3. The minimum atomic E-state index is 0.815. The van der Waals surface area contributed by atoms with Crippen LogP contribution in [0, 0.1) is 0 Å². The third-order valence-corrected chi connectivity index (χ3v) is 2.56. The van der Waals surface area contributed by atoms with Gasteiger partial charge in [-0.1, -0.05) is 25.1 Å². The second-order valence-corrected chi connectivity index (χ2v) is 3.76. The summed E-state index contributed by atoms with van der Waals surface area (Å²) < 4.78 is 0. The van der Waals surface area contributed by atoms with Gasteiger partial charge in [0.1, 0.15) is 0 Å². The van der Waals surface area contributed by atoms with E-state index in [1.165, 1.54) is 5.56 Å². The van der Waals surface area contributed by atoms with Crippen molar-refractivity contribution >= 4 is 17.1 Å². The fourth-order valence-corrected chi connectivity index (χ4v) is 1.71. The third-order valence-electron chi connectivity index (χ3n) is 2.56. The molecule has 0 unspecified atom stereocenters. The third kappa shape index (κ3) is 2.34. The maximum atomic E-state index is 5.77. The summed E-state index contributed by atoms with van der Waals surface area (Å²) in [7, 11) is 0. The Bertz CT molecular complexity index is 463. The lowest BCUT2D eigenvalue weighted by atomic mass is 10.1. The predicted molar refractivity (Wildman–Crippen MR) is 70.0 cm³/mol. The molecule has 2 heteroatoms. The van der Waals surface area contributed by atoms with Crippen LogP contribution in [-0.2, 0) is 6.42 Å². The van der Waals surface area contributed by atoms with Gasteiger partial charge in [-0.15, -0.1) is 0 Å². The van der Waals surface area contributed by atoms with Gasteiger partial charge < -0.3 is 11.1 Å². The molecule has 0 amide bonds. The van der Waals surface area contributed by atoms with Crippen molar-refractivity contribution < 1.29 is 0 Å². The van der Waals surface area contributed by atoms with Gasteiger partial charge in [-0.3, -0.25) is 0 Å². The normalized spacial score (nSPS) is 10.1. The molecule has 16 heavy (non-hydrogen) atoms. The van der Waals surface area contributed by atoms with E-state index in [9.17, 15) is 0 Å². The predicted octanol–water partition coefficient (Wildman–Crippen LogP) is 3.57. The van der Waals surface area contributed by atoms with Crippen molar-refractivity contribution in [2.75, 3.05) is 11.1 Å². The van der Waals surface area contributed by atoms with Crippen LogP contribution in [0.3, 0.4) is 0 Å². The summed E-state index contributed by atoms with van der Waals surface area (Å²) in [6.45, 7) is 2.13. The number of rotatable bonds is 3. The number of nitrogen functional groups attached to an aromatic ring is 1. The summed E-state index contributed by atoms with van der Waals surface area (Å²) in [5.74, 6) is 0. The zero-order valence-corrected chi connectivity index (χ0v) is 9.40. The van der Waals surface area contributed by atoms with Crippen molar-refractivity contribution in [1.82, 2.24) is 0 Å². The second-order valence-electron chi connectivity index (χ2n) is 3.76. The van der Waals surface area contributed by atoms with Gasteiger partial charge in [0.25, 0.3) is 0 Å². The van der Waals surface area contributed by atoms with Gasteiger partial charge >= 0.3 is 0 Å². The molecule has 0 aliphatic rings. The topological polar surface area (TPSA) is 38.0 Å². The molecular weight excluding hydrogens is 196 g/mol. The summed E-state index contributed by atoms with van der Waals surface area (Å²) in [6, 6.07) is 16.1. The quantitative estimate of drug-likeness (QED) is 0.763. The number of nitrogens with two attached hydrogens (primary N) is 1. The summed E-state index contributed by atoms with van der Waals surface area (Å²) in [6.07, 6.45) is 0.972. The first-order valence-electron chi connectivity index (χ1n) is 5.50. The Kier molecular flexibility index (Phi) is 3.10. The van der Waals surface area contributed by atoms with E-state index < -0.39 is 0 Å². The second kappa shape index (κ2) is 4.71. The molecule has 3 N–H and O–H groups in total. The smallest absolute Gasteiger partial charge is 0.0418 e. The van der Waals surface area contributed by atoms with Crippen LogP contribution in [0.2, 0.25) is 0 Å². The van der Waals surface area contributed by atoms with Crippen LogP contribution in [0.4, 0.5) is 17.1 Å². The average molecular weight is 212 g/mol. The van der Waals surface area contributed by atoms with E-state index in [0.717, 1.165) is 23.5 Å². The highest BCUT2D eigenvalue weighted by atomic mass is 14.9. The van der Waals surface area contributed by atoms with Crippen molar-refractivity contribution in [2.45, 2.75) is 13.3 Å². The Morgan fingerprint density at radius 1 is 1.06 bits per heavy atom. The molecule has 2 rings (SSSR count). The molecule has 0 saturated carbocycles. The van der Waals surface area contributed by atoms with E-state index >= 15 is 0 Å². The zero-order chi connectivity index (χ0) is 11.4. The first kappa shape index (κ1) is 10.6. The lowest BCUT2D eigenvalue weighted by Gasteiger charge is -2.11. The van der Waals surface area contributed by atoms with E-state index in [1.54, 1.807) is 0 Å². The van der Waals surface area contributed by atoms with Crippen LogP contribution >= 0.6 is 0 Å². The molecule has 0 atom stereocenters. The fourth-order valence-electron chi connectivity index (χ4n) is 1.71. The Balaban J connectivity index is 2.28. The van der Waals surface area contributed by atoms with E-state index in [-0.39, 0.29) is 0 Å². The Morgan fingerprint density at radius 3 is 2.50 bits per heavy atom. The van der Waals surface area contributed by atoms with Gasteiger partial charge in [0.05, 0.1) is 0 Å². The van der Waals surface area contributed by atoms with Crippen molar-refractivity contribution in [1.29, 1.82) is 0 Å². The minimum absolute atomic E-state index is 0.815. The number of anilines is 3. The van der Waals surface area contributed by atoms with E-state index in [1.807, 2.05) is 36.4 Å². The molecule has 0 aliphatic carbocycles. The highest BCUT2D eigenvalue weighted by Crippen LogP contribution is 2.23. The Morgan fingerprint density at radius 2 is 1.81 bits per heavy atom. The van der Waals surface area contributed by atoms with Gasteiger partial charge in [-0.05, 0) is 42.3 Å². The van der Waals surface area contributed by atoms with Gasteiger partial charge in [0.15, 0.2) is 0 Å². The van der Waals surface area contributed by atoms with Crippen LogP contribution < -0.4 is 11.1 Å². The molecule has 0 aliphatic heterocycles. The molecule has 2 aromatic carbocycles. The molecule has 82 valence electrons. The van der Waals surface area contributed by atoms with Crippen molar-refractivity contribution in [3.05, 3.63) is 54.1 Å². The van der Waals surface area contributed by atoms with Crippen molar-refractivity contribution in [2.24, 2.45) is 0 Å². The maximum absolute atomic E-state index is 5.77. The van der Waals surface area contributed by atoms with Crippen LogP contribution in [0.25, 0.3) is 0 Å². The summed E-state index contributed by atoms with van der Waals surface area (Å²) in [5, 5.41) is 3.40. The van der Waals surface area contributed by atoms with Crippen molar-refractivity contribution in [3.63, 3.8) is 0 Å². The molecule has 0 spiro atoms. The molecule has 0 bridgehead atoms. The summed E-state index contributed by atoms with van der Waals surface area (Å²) in [4.78, 5) is 0. The molecule has 0 saturated heterocycles. The Hall–Kier alpha value is -1.96. The van der Waals surface area contributed by atoms with E-state index in [4.69, 9.17) is 5.73 Å². The highest BCUT2D eigenvalue weighted by Gasteiger charge is 2.01. The lowest BCUT2D eigenvalue weighted by molar-refractivity contribution is 1.14. The lowest BCUT2D eigenvalue weighted by Crippen LogP contribution is -1.96. The first-order chi connectivity index (χ1) is 7.79. The molecule has 0 fully saturated rings. The number of hydrogen-bond acceptors (Lipinski definition) is 2. The van der Waals surface area contributed by atoms with E-state index in [2.05, 4.69) is 24.4 Å². The molecule has 0 radical (unpaired) electrons. The zero-order valence-electron chi connectivity index (χ0n) is 9.40. The van der Waals surface area contributed by atoms with Crippen molar-refractivity contribution in [3.8, 4) is 0 Å². The number of para-hydroxylation sites is 1. The SMILES string of the molecule is CCc1cc(N)ccc1Nc1ccccc1. The molecular formula is C14H16N2. The molecule has 0 heterocycles. The largest absolute Gasteiger partial charge is 0.399 e. The highest BCUT2D eigenvalue weighted by molar-refractivity contribution is 5.65. The van der Waals surface area contributed by atoms with Crippen LogP contribution in [0.15, 0.2) is 48.5 Å². The van der Waals surface area contributed by atoms with Crippen LogP contribution in [0.1, 0.15) is 12.5 Å².